The summed E-state index contributed by atoms with van der Waals surface area (Å²) < 4.78 is 11.2. The van der Waals surface area contributed by atoms with Crippen LogP contribution in [-0.4, -0.2) is 37.1 Å². The Balaban J connectivity index is 2.37. The molecule has 1 aliphatic rings. The molecule has 5 unspecified atom stereocenters. The second kappa shape index (κ2) is 12.2. The van der Waals surface area contributed by atoms with Crippen molar-refractivity contribution in [3.8, 4) is 0 Å². The normalized spacial score (nSPS) is 29.1. The summed E-state index contributed by atoms with van der Waals surface area (Å²) in [7, 11) is 3.57. The molecule has 5 atom stereocenters. The third-order valence-corrected chi connectivity index (χ3v) is 6.55. The van der Waals surface area contributed by atoms with Crippen LogP contribution in [0, 0.1) is 17.8 Å². The molecule has 3 heteroatoms. The topological polar surface area (TPSA) is 38.7 Å². The van der Waals surface area contributed by atoms with Crippen molar-refractivity contribution >= 4 is 0 Å². The van der Waals surface area contributed by atoms with Gasteiger partial charge in [0.2, 0.25) is 0 Å². The van der Waals surface area contributed by atoms with Crippen LogP contribution in [0.1, 0.15) is 92.4 Å². The Morgan fingerprint density at radius 1 is 1.15 bits per heavy atom. The maximum absolute atomic E-state index is 10.8. The molecule has 0 saturated heterocycles. The van der Waals surface area contributed by atoms with E-state index in [4.69, 9.17) is 9.47 Å². The van der Waals surface area contributed by atoms with Crippen LogP contribution in [0.25, 0.3) is 0 Å². The molecule has 1 rings (SSSR count). The fourth-order valence-electron chi connectivity index (χ4n) is 4.43. The van der Waals surface area contributed by atoms with Gasteiger partial charge >= 0.3 is 0 Å². The third kappa shape index (κ3) is 9.58. The Morgan fingerprint density at radius 2 is 1.78 bits per heavy atom. The predicted octanol–water partition coefficient (Wildman–Crippen LogP) is 6.15. The fraction of sp³-hybridized carbons (Fsp3) is 0.917. The molecule has 0 amide bonds. The lowest BCUT2D eigenvalue weighted by Crippen LogP contribution is -2.41. The van der Waals surface area contributed by atoms with Gasteiger partial charge < -0.3 is 14.6 Å². The monoisotopic (exact) mass is 382 g/mol. The lowest BCUT2D eigenvalue weighted by Gasteiger charge is -2.39. The van der Waals surface area contributed by atoms with Gasteiger partial charge in [-0.2, -0.15) is 0 Å². The van der Waals surface area contributed by atoms with E-state index in [2.05, 4.69) is 33.8 Å². The fourth-order valence-corrected chi connectivity index (χ4v) is 4.43. The summed E-state index contributed by atoms with van der Waals surface area (Å²) in [5, 5.41) is 10.8. The smallest absolute Gasteiger partial charge is 0.0835 e. The van der Waals surface area contributed by atoms with Gasteiger partial charge in [-0.1, -0.05) is 38.8 Å². The van der Waals surface area contributed by atoms with Crippen molar-refractivity contribution in [1.82, 2.24) is 0 Å². The van der Waals surface area contributed by atoms with E-state index in [1.165, 1.54) is 24.8 Å². The molecule has 1 aliphatic carbocycles. The van der Waals surface area contributed by atoms with Crippen molar-refractivity contribution in [2.75, 3.05) is 14.2 Å². The lowest BCUT2D eigenvalue weighted by atomic mass is 9.74. The largest absolute Gasteiger partial charge is 0.390 e. The molecular formula is C24H46O3. The Labute approximate surface area is 168 Å². The van der Waals surface area contributed by atoms with Gasteiger partial charge in [-0.05, 0) is 83.0 Å². The number of rotatable bonds is 12. The molecule has 0 radical (unpaired) electrons. The molecule has 0 aliphatic heterocycles. The zero-order valence-corrected chi connectivity index (χ0v) is 19.1. The molecular weight excluding hydrogens is 336 g/mol. The van der Waals surface area contributed by atoms with E-state index >= 15 is 0 Å². The van der Waals surface area contributed by atoms with Gasteiger partial charge in [-0.25, -0.2) is 0 Å². The summed E-state index contributed by atoms with van der Waals surface area (Å²) in [6.07, 6.45) is 12.4. The highest BCUT2D eigenvalue weighted by molar-refractivity contribution is 4.98. The predicted molar refractivity (Wildman–Crippen MR) is 115 cm³/mol. The molecule has 27 heavy (non-hydrogen) atoms. The Bertz CT molecular complexity index is 427. The number of hydrogen-bond donors (Lipinski definition) is 1. The molecule has 0 spiro atoms. The molecule has 1 saturated carbocycles. The number of aliphatic hydroxyl groups is 1. The Hall–Kier alpha value is -0.380. The summed E-state index contributed by atoms with van der Waals surface area (Å²) >= 11 is 0. The van der Waals surface area contributed by atoms with Crippen LogP contribution >= 0.6 is 0 Å². The third-order valence-electron chi connectivity index (χ3n) is 6.55. The summed E-state index contributed by atoms with van der Waals surface area (Å²) in [6, 6.07) is 0. The van der Waals surface area contributed by atoms with E-state index in [0.717, 1.165) is 44.4 Å². The van der Waals surface area contributed by atoms with E-state index in [1.807, 2.05) is 6.92 Å². The van der Waals surface area contributed by atoms with Crippen LogP contribution in [0.4, 0.5) is 0 Å². The minimum Gasteiger partial charge on any atom is -0.390 e. The van der Waals surface area contributed by atoms with Crippen molar-refractivity contribution in [1.29, 1.82) is 0 Å². The van der Waals surface area contributed by atoms with Gasteiger partial charge in [0.05, 0.1) is 17.8 Å². The summed E-state index contributed by atoms with van der Waals surface area (Å²) in [4.78, 5) is 0. The molecule has 0 heterocycles. The first kappa shape index (κ1) is 24.7. The van der Waals surface area contributed by atoms with Gasteiger partial charge in [-0.3, -0.25) is 0 Å². The van der Waals surface area contributed by atoms with Crippen molar-refractivity contribution in [2.45, 2.75) is 110 Å². The quantitative estimate of drug-likeness (QED) is 0.412. The van der Waals surface area contributed by atoms with Crippen LogP contribution < -0.4 is 0 Å². The van der Waals surface area contributed by atoms with Gasteiger partial charge in [0.25, 0.3) is 0 Å². The first-order valence-electron chi connectivity index (χ1n) is 11.1. The molecule has 3 nitrogen and oxygen atoms in total. The standard InChI is InChI=1S/C24H46O3/c1-18(2)10-8-11-19(3)12-9-14-24(5,25)15-13-21-17-23(27-7)22(26-6)16-20(21)4/h12,18,20-23,25H,8-11,13-17H2,1-7H3. The first-order chi connectivity index (χ1) is 12.7. The maximum Gasteiger partial charge on any atom is 0.0835 e. The van der Waals surface area contributed by atoms with E-state index in [-0.39, 0.29) is 12.2 Å². The van der Waals surface area contributed by atoms with Crippen molar-refractivity contribution in [3.63, 3.8) is 0 Å². The van der Waals surface area contributed by atoms with E-state index in [9.17, 15) is 5.11 Å². The van der Waals surface area contributed by atoms with Crippen LogP contribution in [-0.2, 0) is 9.47 Å². The zero-order chi connectivity index (χ0) is 20.4. The summed E-state index contributed by atoms with van der Waals surface area (Å²) in [5.74, 6) is 2.03. The minimum absolute atomic E-state index is 0.192. The summed E-state index contributed by atoms with van der Waals surface area (Å²) in [6.45, 7) is 11.1. The molecule has 160 valence electrons. The highest BCUT2D eigenvalue weighted by atomic mass is 16.5. The van der Waals surface area contributed by atoms with Gasteiger partial charge in [0.1, 0.15) is 0 Å². The molecule has 1 N–H and O–H groups in total. The number of hydrogen-bond acceptors (Lipinski definition) is 3. The van der Waals surface area contributed by atoms with E-state index < -0.39 is 5.60 Å². The highest BCUT2D eigenvalue weighted by Gasteiger charge is 2.36. The summed E-state index contributed by atoms with van der Waals surface area (Å²) in [5.41, 5.74) is 0.899. The van der Waals surface area contributed by atoms with Gasteiger partial charge in [-0.15, -0.1) is 0 Å². The maximum atomic E-state index is 10.8. The van der Waals surface area contributed by atoms with Crippen molar-refractivity contribution < 1.29 is 14.6 Å². The minimum atomic E-state index is -0.574. The zero-order valence-electron chi connectivity index (χ0n) is 19.1. The second-order valence-corrected chi connectivity index (χ2v) is 9.67. The van der Waals surface area contributed by atoms with Crippen LogP contribution in [0.2, 0.25) is 0 Å². The van der Waals surface area contributed by atoms with Crippen molar-refractivity contribution in [2.24, 2.45) is 17.8 Å². The molecule has 0 aromatic carbocycles. The average Bonchev–Trinajstić information content (AvgIpc) is 2.59. The van der Waals surface area contributed by atoms with E-state index in [1.54, 1.807) is 14.2 Å². The molecule has 1 fully saturated rings. The van der Waals surface area contributed by atoms with E-state index in [0.29, 0.717) is 11.8 Å². The number of allylic oxidation sites excluding steroid dienone is 2. The van der Waals surface area contributed by atoms with Crippen LogP contribution in [0.3, 0.4) is 0 Å². The number of ether oxygens (including phenoxy) is 2. The van der Waals surface area contributed by atoms with Gasteiger partial charge in [0.15, 0.2) is 0 Å². The Kier molecular flexibility index (Phi) is 11.2. The van der Waals surface area contributed by atoms with Gasteiger partial charge in [0, 0.05) is 14.2 Å². The van der Waals surface area contributed by atoms with Crippen LogP contribution in [0.5, 0.6) is 0 Å². The lowest BCUT2D eigenvalue weighted by molar-refractivity contribution is -0.0884. The van der Waals surface area contributed by atoms with Crippen molar-refractivity contribution in [3.05, 3.63) is 11.6 Å². The second-order valence-electron chi connectivity index (χ2n) is 9.67. The molecule has 0 aromatic heterocycles. The SMILES string of the molecule is COC1CC(C)C(CCC(C)(O)CCC=C(C)CCCC(C)C)CC1OC. The average molecular weight is 383 g/mol. The molecule has 0 bridgehead atoms. The molecule has 0 aromatic rings. The number of methoxy groups -OCH3 is 2. The Morgan fingerprint density at radius 3 is 2.37 bits per heavy atom. The van der Waals surface area contributed by atoms with Crippen LogP contribution in [0.15, 0.2) is 11.6 Å². The first-order valence-corrected chi connectivity index (χ1v) is 11.1. The highest BCUT2D eigenvalue weighted by Crippen LogP contribution is 2.37.